The Hall–Kier alpha value is -4.06. The Balaban J connectivity index is 1.30. The van der Waals surface area contributed by atoms with Crippen molar-refractivity contribution in [2.24, 2.45) is 27.2 Å². The number of ether oxygens (including phenoxy) is 1. The normalized spacial score (nSPS) is 26.5. The van der Waals surface area contributed by atoms with Crippen LogP contribution in [-0.2, 0) is 25.1 Å². The SMILES string of the molecule is CC(C)(C)OC(=O)NC(=NC12C(=O)C(C)(C(C)(C)C)CCC1C2(C)C)N1CCC[C@H]1c1nc(-c2ccc(CS(=O)(=O)c3ccccc3)cc2)no1. The van der Waals surface area contributed by atoms with E-state index in [2.05, 4.69) is 52.0 Å². The fourth-order valence-electron chi connectivity index (χ4n) is 7.99. The van der Waals surface area contributed by atoms with Gasteiger partial charge in [0.2, 0.25) is 17.7 Å². The Labute approximate surface area is 301 Å². The zero-order chi connectivity index (χ0) is 37.2. The first kappa shape index (κ1) is 36.7. The van der Waals surface area contributed by atoms with Crippen LogP contribution in [0.25, 0.3) is 11.4 Å². The predicted molar refractivity (Wildman–Crippen MR) is 194 cm³/mol. The Morgan fingerprint density at radius 3 is 2.31 bits per heavy atom. The molecule has 1 N–H and O–H groups in total. The number of ketones is 1. The average molecular weight is 718 g/mol. The smallest absolute Gasteiger partial charge is 0.414 e. The molecule has 4 atom stereocenters. The number of hydrogen-bond donors (Lipinski definition) is 1. The number of nitrogens with one attached hydrogen (secondary N) is 1. The molecule has 274 valence electrons. The van der Waals surface area contributed by atoms with E-state index in [4.69, 9.17) is 19.2 Å². The highest BCUT2D eigenvalue weighted by molar-refractivity contribution is 7.90. The Kier molecular flexibility index (Phi) is 9.05. The van der Waals surface area contributed by atoms with Crippen LogP contribution >= 0.6 is 0 Å². The number of Topliss-reactive ketones (excluding diaryl/α,β-unsaturated/α-hetero) is 1. The molecule has 0 radical (unpaired) electrons. The fraction of sp³-hybridized carbons (Fsp3) is 0.564. The van der Waals surface area contributed by atoms with E-state index in [1.54, 1.807) is 75.4 Å². The summed E-state index contributed by atoms with van der Waals surface area (Å²) >= 11 is 0. The van der Waals surface area contributed by atoms with Gasteiger partial charge in [-0.05, 0) is 75.5 Å². The Morgan fingerprint density at radius 1 is 1.02 bits per heavy atom. The van der Waals surface area contributed by atoms with Crippen LogP contribution in [0.4, 0.5) is 4.79 Å². The van der Waals surface area contributed by atoms with E-state index in [-0.39, 0.29) is 33.7 Å². The number of amides is 1. The van der Waals surface area contributed by atoms with Gasteiger partial charge in [-0.3, -0.25) is 10.1 Å². The molecule has 1 aromatic heterocycles. The summed E-state index contributed by atoms with van der Waals surface area (Å²) in [5.41, 5.74) is -1.69. The number of guanidine groups is 1. The summed E-state index contributed by atoms with van der Waals surface area (Å²) in [5, 5.41) is 7.21. The number of carbonyl (C=O) groups is 2. The van der Waals surface area contributed by atoms with Crippen LogP contribution in [0.1, 0.15) is 105 Å². The first-order valence-corrected chi connectivity index (χ1v) is 19.5. The van der Waals surface area contributed by atoms with E-state index in [0.717, 1.165) is 19.3 Å². The summed E-state index contributed by atoms with van der Waals surface area (Å²) in [6, 6.07) is 15.0. The molecule has 2 saturated carbocycles. The van der Waals surface area contributed by atoms with Crippen molar-refractivity contribution in [2.75, 3.05) is 6.54 Å². The molecule has 2 heterocycles. The monoisotopic (exact) mass is 717 g/mol. The van der Waals surface area contributed by atoms with Crippen molar-refractivity contribution in [1.29, 1.82) is 0 Å². The number of fused-ring (bicyclic) bond motifs is 1. The minimum Gasteiger partial charge on any atom is -0.444 e. The molecule has 3 unspecified atom stereocenters. The molecule has 1 saturated heterocycles. The summed E-state index contributed by atoms with van der Waals surface area (Å²) in [7, 11) is -3.49. The van der Waals surface area contributed by atoms with E-state index in [9.17, 15) is 18.0 Å². The molecule has 0 spiro atoms. The maximum Gasteiger partial charge on any atom is 0.414 e. The second kappa shape index (κ2) is 12.6. The number of nitrogens with zero attached hydrogens (tertiary/aromatic N) is 4. The molecule has 1 amide bonds. The van der Waals surface area contributed by atoms with E-state index >= 15 is 0 Å². The van der Waals surface area contributed by atoms with E-state index in [1.807, 2.05) is 4.90 Å². The molecule has 3 aliphatic rings. The lowest BCUT2D eigenvalue weighted by Crippen LogP contribution is -2.53. The van der Waals surface area contributed by atoms with Gasteiger partial charge in [0, 0.05) is 22.9 Å². The third kappa shape index (κ3) is 6.60. The van der Waals surface area contributed by atoms with E-state index < -0.39 is 43.9 Å². The highest BCUT2D eigenvalue weighted by atomic mass is 32.2. The molecular weight excluding hydrogens is 667 g/mol. The molecule has 11 nitrogen and oxygen atoms in total. The Bertz CT molecular complexity index is 1940. The second-order valence-corrected chi connectivity index (χ2v) is 19.1. The number of aromatic nitrogens is 2. The number of hydrogen-bond acceptors (Lipinski definition) is 9. The number of carbonyl (C=O) groups excluding carboxylic acids is 2. The predicted octanol–water partition coefficient (Wildman–Crippen LogP) is 7.54. The van der Waals surface area contributed by atoms with Gasteiger partial charge in [0.05, 0.1) is 10.6 Å². The van der Waals surface area contributed by atoms with Crippen LogP contribution in [-0.4, -0.2) is 59.0 Å². The molecule has 1 aliphatic heterocycles. The molecule has 6 rings (SSSR count). The lowest BCUT2D eigenvalue weighted by molar-refractivity contribution is -0.140. The van der Waals surface area contributed by atoms with Gasteiger partial charge in [-0.15, -0.1) is 0 Å². The van der Waals surface area contributed by atoms with Crippen LogP contribution in [0.3, 0.4) is 0 Å². The van der Waals surface area contributed by atoms with Gasteiger partial charge in [-0.1, -0.05) is 89.2 Å². The van der Waals surface area contributed by atoms with Crippen LogP contribution in [0.2, 0.25) is 0 Å². The largest absolute Gasteiger partial charge is 0.444 e. The Morgan fingerprint density at radius 2 is 1.69 bits per heavy atom. The van der Waals surface area contributed by atoms with Gasteiger partial charge in [-0.2, -0.15) is 4.98 Å². The van der Waals surface area contributed by atoms with Gasteiger partial charge in [0.1, 0.15) is 17.2 Å². The van der Waals surface area contributed by atoms with E-state index in [1.165, 1.54) is 0 Å². The standard InChI is InChI=1S/C39H51N5O6S/c1-35(2,3)38(9)22-21-29-37(7,8)39(29,32(38)45)42-33(41-34(46)49-36(4,5)6)44-23-13-16-28(44)31-40-30(43-50-31)26-19-17-25(18-20-26)24-51(47,48)27-14-11-10-12-15-27/h10-12,14-15,17-20,28-29H,13,16,21-24H2,1-9H3,(H,41,42,46)/t28-,29?,38?,39?/m0/s1. The number of alkyl carbamates (subject to hydrolysis) is 1. The van der Waals surface area contributed by atoms with Gasteiger partial charge in [-0.25, -0.2) is 18.2 Å². The summed E-state index contributed by atoms with van der Waals surface area (Å²) < 4.78 is 37.3. The molecule has 2 aliphatic carbocycles. The lowest BCUT2D eigenvalue weighted by Gasteiger charge is -2.45. The summed E-state index contributed by atoms with van der Waals surface area (Å²) in [4.78, 5) is 40.3. The van der Waals surface area contributed by atoms with Crippen molar-refractivity contribution in [1.82, 2.24) is 20.4 Å². The van der Waals surface area contributed by atoms with Crippen molar-refractivity contribution in [3.05, 3.63) is 66.1 Å². The van der Waals surface area contributed by atoms with Gasteiger partial charge >= 0.3 is 6.09 Å². The van der Waals surface area contributed by atoms with Crippen molar-refractivity contribution < 1.29 is 27.3 Å². The highest BCUT2D eigenvalue weighted by Crippen LogP contribution is 2.73. The molecule has 3 fully saturated rings. The molecule has 3 aromatic rings. The van der Waals surface area contributed by atoms with Crippen LogP contribution < -0.4 is 5.32 Å². The number of rotatable bonds is 6. The second-order valence-electron chi connectivity index (χ2n) is 17.1. The zero-order valence-corrected chi connectivity index (χ0v) is 32.1. The number of aliphatic imine (C=N–C) groups is 1. The zero-order valence-electron chi connectivity index (χ0n) is 31.2. The maximum atomic E-state index is 14.7. The molecule has 51 heavy (non-hydrogen) atoms. The minimum atomic E-state index is -3.49. The van der Waals surface area contributed by atoms with Crippen molar-refractivity contribution >= 4 is 27.7 Å². The van der Waals surface area contributed by atoms with E-state index in [0.29, 0.717) is 35.8 Å². The first-order chi connectivity index (χ1) is 23.7. The summed E-state index contributed by atoms with van der Waals surface area (Å²) in [6.45, 7) is 18.6. The molecule has 12 heteroatoms. The third-order valence-corrected chi connectivity index (χ3v) is 13.2. The minimum absolute atomic E-state index is 0.0464. The summed E-state index contributed by atoms with van der Waals surface area (Å²) in [5.74, 6) is 1.02. The van der Waals surface area contributed by atoms with Gasteiger partial charge in [0.15, 0.2) is 15.6 Å². The van der Waals surface area contributed by atoms with Crippen molar-refractivity contribution in [3.8, 4) is 11.4 Å². The average Bonchev–Trinajstić information content (AvgIpc) is 3.50. The number of sulfone groups is 1. The summed E-state index contributed by atoms with van der Waals surface area (Å²) in [6.07, 6.45) is 2.44. The van der Waals surface area contributed by atoms with Crippen molar-refractivity contribution in [3.63, 3.8) is 0 Å². The molecular formula is C39H51N5O6S. The van der Waals surface area contributed by atoms with Gasteiger partial charge in [0.25, 0.3) is 0 Å². The molecule has 0 bridgehead atoms. The molecule has 2 aromatic carbocycles. The van der Waals surface area contributed by atoms with Crippen LogP contribution in [0.15, 0.2) is 69.0 Å². The third-order valence-electron chi connectivity index (χ3n) is 11.5. The van der Waals surface area contributed by atoms with Crippen LogP contribution in [0.5, 0.6) is 0 Å². The maximum absolute atomic E-state index is 14.7. The quantitative estimate of drug-likeness (QED) is 0.202. The fourth-order valence-corrected chi connectivity index (χ4v) is 9.36. The highest BCUT2D eigenvalue weighted by Gasteiger charge is 2.80. The number of likely N-dealkylation sites (tertiary alicyclic amines) is 1. The van der Waals surface area contributed by atoms with Crippen LogP contribution in [0, 0.1) is 22.2 Å². The first-order valence-electron chi connectivity index (χ1n) is 17.8. The number of benzene rings is 2. The lowest BCUT2D eigenvalue weighted by atomic mass is 9.58. The van der Waals surface area contributed by atoms with Gasteiger partial charge < -0.3 is 14.2 Å². The topological polar surface area (TPSA) is 144 Å². The van der Waals surface area contributed by atoms with Crippen molar-refractivity contribution in [2.45, 2.75) is 116 Å².